The van der Waals surface area contributed by atoms with E-state index in [2.05, 4.69) is 46.3 Å². The molecule has 0 aliphatic carbocycles. The lowest BCUT2D eigenvalue weighted by Gasteiger charge is -2.18. The van der Waals surface area contributed by atoms with Crippen molar-refractivity contribution in [2.75, 3.05) is 6.54 Å². The summed E-state index contributed by atoms with van der Waals surface area (Å²) in [6.45, 7) is 4.80. The predicted octanol–water partition coefficient (Wildman–Crippen LogP) is 3.67. The molecule has 0 bridgehead atoms. The second-order valence-corrected chi connectivity index (χ2v) is 5.48. The van der Waals surface area contributed by atoms with Crippen molar-refractivity contribution in [3.05, 3.63) is 78.0 Å². The van der Waals surface area contributed by atoms with Gasteiger partial charge in [0.1, 0.15) is 5.75 Å². The molecule has 0 fully saturated rings. The minimum atomic E-state index is 0.280. The van der Waals surface area contributed by atoms with Gasteiger partial charge in [0.25, 0.3) is 5.89 Å². The third-order valence-electron chi connectivity index (χ3n) is 3.67. The van der Waals surface area contributed by atoms with Crippen molar-refractivity contribution in [1.82, 2.24) is 15.1 Å². The molecular formula is C19H21N3O2. The number of benzene rings is 2. The molecule has 24 heavy (non-hydrogen) atoms. The molecule has 0 N–H and O–H groups in total. The Balaban J connectivity index is 1.54. The fraction of sp³-hybridized carbons (Fsp3) is 0.263. The fourth-order valence-corrected chi connectivity index (χ4v) is 2.38. The van der Waals surface area contributed by atoms with Gasteiger partial charge in [-0.15, -0.1) is 10.2 Å². The van der Waals surface area contributed by atoms with Crippen LogP contribution in [0.2, 0.25) is 0 Å². The molecule has 5 nitrogen and oxygen atoms in total. The van der Waals surface area contributed by atoms with Crippen LogP contribution in [0.5, 0.6) is 5.75 Å². The van der Waals surface area contributed by atoms with Crippen LogP contribution < -0.4 is 4.74 Å². The van der Waals surface area contributed by atoms with Crippen LogP contribution >= 0.6 is 0 Å². The van der Waals surface area contributed by atoms with E-state index in [0.29, 0.717) is 18.3 Å². The van der Waals surface area contributed by atoms with E-state index < -0.39 is 0 Å². The molecule has 0 saturated heterocycles. The van der Waals surface area contributed by atoms with E-state index in [9.17, 15) is 0 Å². The monoisotopic (exact) mass is 323 g/mol. The van der Waals surface area contributed by atoms with Crippen LogP contribution in [-0.2, 0) is 19.7 Å². The average Bonchev–Trinajstić information content (AvgIpc) is 3.08. The predicted molar refractivity (Wildman–Crippen MR) is 91.3 cm³/mol. The standard InChI is InChI=1S/C19H21N3O2/c1-2-22(13-16-9-5-3-6-10-16)14-18-20-21-19(24-18)15-23-17-11-7-4-8-12-17/h3-12H,2,13-15H2,1H3. The van der Waals surface area contributed by atoms with Gasteiger partial charge in [-0.05, 0) is 24.2 Å². The van der Waals surface area contributed by atoms with Crippen molar-refractivity contribution in [3.8, 4) is 5.75 Å². The molecule has 0 radical (unpaired) electrons. The van der Waals surface area contributed by atoms with Crippen molar-refractivity contribution in [2.24, 2.45) is 0 Å². The molecule has 3 rings (SSSR count). The Hall–Kier alpha value is -2.66. The highest BCUT2D eigenvalue weighted by molar-refractivity contribution is 5.20. The average molecular weight is 323 g/mol. The Morgan fingerprint density at radius 3 is 2.25 bits per heavy atom. The van der Waals surface area contributed by atoms with E-state index in [1.54, 1.807) is 0 Å². The Morgan fingerprint density at radius 2 is 1.54 bits per heavy atom. The molecule has 0 atom stereocenters. The van der Waals surface area contributed by atoms with Crippen LogP contribution in [0.1, 0.15) is 24.3 Å². The van der Waals surface area contributed by atoms with Gasteiger partial charge < -0.3 is 9.15 Å². The van der Waals surface area contributed by atoms with Crippen LogP contribution in [0.15, 0.2) is 65.1 Å². The second-order valence-electron chi connectivity index (χ2n) is 5.48. The summed E-state index contributed by atoms with van der Waals surface area (Å²) < 4.78 is 11.3. The summed E-state index contributed by atoms with van der Waals surface area (Å²) in [5.41, 5.74) is 1.27. The van der Waals surface area contributed by atoms with E-state index in [4.69, 9.17) is 9.15 Å². The highest BCUT2D eigenvalue weighted by Gasteiger charge is 2.11. The van der Waals surface area contributed by atoms with E-state index in [1.807, 2.05) is 36.4 Å². The van der Waals surface area contributed by atoms with E-state index in [0.717, 1.165) is 18.8 Å². The van der Waals surface area contributed by atoms with Gasteiger partial charge in [-0.2, -0.15) is 0 Å². The largest absolute Gasteiger partial charge is 0.484 e. The van der Waals surface area contributed by atoms with Crippen molar-refractivity contribution < 1.29 is 9.15 Å². The summed E-state index contributed by atoms with van der Waals surface area (Å²) in [6, 6.07) is 20.0. The third-order valence-corrected chi connectivity index (χ3v) is 3.67. The number of ether oxygens (including phenoxy) is 1. The molecule has 3 aromatic rings. The normalized spacial score (nSPS) is 10.9. The third kappa shape index (κ3) is 4.67. The first-order valence-electron chi connectivity index (χ1n) is 8.09. The Morgan fingerprint density at radius 1 is 0.875 bits per heavy atom. The topological polar surface area (TPSA) is 51.4 Å². The van der Waals surface area contributed by atoms with Crippen molar-refractivity contribution in [2.45, 2.75) is 26.6 Å². The van der Waals surface area contributed by atoms with Crippen molar-refractivity contribution in [3.63, 3.8) is 0 Å². The smallest absolute Gasteiger partial charge is 0.253 e. The van der Waals surface area contributed by atoms with Gasteiger partial charge in [0.2, 0.25) is 5.89 Å². The van der Waals surface area contributed by atoms with E-state index in [-0.39, 0.29) is 6.61 Å². The SMILES string of the molecule is CCN(Cc1ccccc1)Cc1nnc(COc2ccccc2)o1. The number of aromatic nitrogens is 2. The summed E-state index contributed by atoms with van der Waals surface area (Å²) in [4.78, 5) is 2.25. The molecule has 5 heteroatoms. The molecule has 2 aromatic carbocycles. The second kappa shape index (κ2) is 8.26. The first kappa shape index (κ1) is 16.2. The maximum atomic E-state index is 5.69. The lowest BCUT2D eigenvalue weighted by Crippen LogP contribution is -2.22. The van der Waals surface area contributed by atoms with Gasteiger partial charge in [-0.1, -0.05) is 55.5 Å². The summed E-state index contributed by atoms with van der Waals surface area (Å²) in [5.74, 6) is 1.89. The molecule has 1 heterocycles. The molecule has 0 aliphatic heterocycles. The van der Waals surface area contributed by atoms with Crippen LogP contribution in [0, 0.1) is 0 Å². The summed E-state index contributed by atoms with van der Waals surface area (Å²) in [7, 11) is 0. The van der Waals surface area contributed by atoms with Crippen molar-refractivity contribution in [1.29, 1.82) is 0 Å². The van der Waals surface area contributed by atoms with Crippen LogP contribution in [-0.4, -0.2) is 21.6 Å². The first-order valence-corrected chi connectivity index (χ1v) is 8.09. The van der Waals surface area contributed by atoms with E-state index in [1.165, 1.54) is 5.56 Å². The number of nitrogens with zero attached hydrogens (tertiary/aromatic N) is 3. The number of hydrogen-bond acceptors (Lipinski definition) is 5. The van der Waals surface area contributed by atoms with Gasteiger partial charge in [-0.3, -0.25) is 4.90 Å². The molecule has 0 amide bonds. The van der Waals surface area contributed by atoms with Crippen LogP contribution in [0.4, 0.5) is 0 Å². The Kier molecular flexibility index (Phi) is 5.58. The number of para-hydroxylation sites is 1. The van der Waals surface area contributed by atoms with Gasteiger partial charge in [0.05, 0.1) is 6.54 Å². The van der Waals surface area contributed by atoms with Crippen LogP contribution in [0.25, 0.3) is 0 Å². The van der Waals surface area contributed by atoms with Crippen LogP contribution in [0.3, 0.4) is 0 Å². The minimum absolute atomic E-state index is 0.280. The molecule has 0 aliphatic rings. The zero-order valence-corrected chi connectivity index (χ0v) is 13.8. The fourth-order valence-electron chi connectivity index (χ4n) is 2.38. The molecule has 0 spiro atoms. The first-order chi connectivity index (χ1) is 11.8. The highest BCUT2D eigenvalue weighted by atomic mass is 16.5. The summed E-state index contributed by atoms with van der Waals surface area (Å²) >= 11 is 0. The zero-order chi connectivity index (χ0) is 16.6. The Labute approximate surface area is 141 Å². The Bertz CT molecular complexity index is 729. The summed E-state index contributed by atoms with van der Waals surface area (Å²) in [5, 5.41) is 8.18. The molecule has 124 valence electrons. The summed E-state index contributed by atoms with van der Waals surface area (Å²) in [6.07, 6.45) is 0. The van der Waals surface area contributed by atoms with Crippen molar-refractivity contribution >= 4 is 0 Å². The van der Waals surface area contributed by atoms with Gasteiger partial charge in [-0.25, -0.2) is 0 Å². The maximum Gasteiger partial charge on any atom is 0.253 e. The zero-order valence-electron chi connectivity index (χ0n) is 13.8. The quantitative estimate of drug-likeness (QED) is 0.633. The van der Waals surface area contributed by atoms with Gasteiger partial charge in [0, 0.05) is 6.54 Å². The minimum Gasteiger partial charge on any atom is -0.484 e. The number of hydrogen-bond donors (Lipinski definition) is 0. The van der Waals surface area contributed by atoms with Gasteiger partial charge >= 0.3 is 0 Å². The molecule has 0 saturated carbocycles. The molecular weight excluding hydrogens is 302 g/mol. The number of rotatable bonds is 8. The lowest BCUT2D eigenvalue weighted by atomic mass is 10.2. The highest BCUT2D eigenvalue weighted by Crippen LogP contribution is 2.12. The maximum absolute atomic E-state index is 5.69. The lowest BCUT2D eigenvalue weighted by molar-refractivity contribution is 0.224. The van der Waals surface area contributed by atoms with E-state index >= 15 is 0 Å². The van der Waals surface area contributed by atoms with Gasteiger partial charge in [0.15, 0.2) is 6.61 Å². The molecule has 0 unspecified atom stereocenters. The molecule has 1 aromatic heterocycles.